The van der Waals surface area contributed by atoms with Crippen molar-refractivity contribution < 1.29 is 24.3 Å². The number of rotatable bonds is 13. The zero-order valence-electron chi connectivity index (χ0n) is 19.8. The Bertz CT molecular complexity index is 657. The van der Waals surface area contributed by atoms with Crippen LogP contribution in [0.25, 0.3) is 0 Å². The number of aliphatic carboxylic acids is 1. The Morgan fingerprint density at radius 2 is 1.75 bits per heavy atom. The standard InChI is InChI=1S/C22H41N5O5/c1-5-14(4)18(26-19(28)17(24)13(2)3)20(29)25-15(9-6-7-11-23)21(30)27-12-8-10-16(27)22(31)32/h13-18H,5-12,23-24H2,1-4H3,(H,25,29)(H,26,28)(H,31,32). The van der Waals surface area contributed by atoms with E-state index in [1.807, 2.05) is 27.7 Å². The summed E-state index contributed by atoms with van der Waals surface area (Å²) >= 11 is 0. The van der Waals surface area contributed by atoms with Crippen LogP contribution >= 0.6 is 0 Å². The molecule has 0 radical (unpaired) electrons. The summed E-state index contributed by atoms with van der Waals surface area (Å²) in [5.74, 6) is -2.62. The number of hydrogen-bond acceptors (Lipinski definition) is 6. The number of amides is 3. The minimum Gasteiger partial charge on any atom is -0.480 e. The van der Waals surface area contributed by atoms with Crippen molar-refractivity contribution in [1.82, 2.24) is 15.5 Å². The van der Waals surface area contributed by atoms with Gasteiger partial charge in [-0.25, -0.2) is 4.79 Å². The van der Waals surface area contributed by atoms with Gasteiger partial charge in [0.05, 0.1) is 6.04 Å². The van der Waals surface area contributed by atoms with Gasteiger partial charge in [0.1, 0.15) is 18.1 Å². The van der Waals surface area contributed by atoms with Crippen LogP contribution in [-0.4, -0.2) is 71.0 Å². The molecular formula is C22H41N5O5. The highest BCUT2D eigenvalue weighted by Gasteiger charge is 2.38. The molecule has 32 heavy (non-hydrogen) atoms. The molecule has 10 heteroatoms. The van der Waals surface area contributed by atoms with Crippen LogP contribution < -0.4 is 22.1 Å². The van der Waals surface area contributed by atoms with E-state index in [4.69, 9.17) is 11.5 Å². The summed E-state index contributed by atoms with van der Waals surface area (Å²) < 4.78 is 0. The van der Waals surface area contributed by atoms with E-state index in [2.05, 4.69) is 10.6 Å². The second-order valence-electron chi connectivity index (χ2n) is 9.02. The minimum absolute atomic E-state index is 0.0932. The maximum atomic E-state index is 13.2. The molecule has 5 atom stereocenters. The summed E-state index contributed by atoms with van der Waals surface area (Å²) in [6, 6.07) is -3.37. The van der Waals surface area contributed by atoms with Crippen molar-refractivity contribution >= 4 is 23.7 Å². The van der Waals surface area contributed by atoms with Crippen molar-refractivity contribution in [2.75, 3.05) is 13.1 Å². The topological polar surface area (TPSA) is 168 Å². The van der Waals surface area contributed by atoms with Crippen molar-refractivity contribution in [3.8, 4) is 0 Å². The van der Waals surface area contributed by atoms with Crippen LogP contribution in [0.3, 0.4) is 0 Å². The third-order valence-corrected chi connectivity index (χ3v) is 6.20. The van der Waals surface area contributed by atoms with E-state index in [9.17, 15) is 24.3 Å². The lowest BCUT2D eigenvalue weighted by atomic mass is 9.96. The fourth-order valence-corrected chi connectivity index (χ4v) is 3.75. The minimum atomic E-state index is -1.05. The Kier molecular flexibility index (Phi) is 11.6. The first-order valence-electron chi connectivity index (χ1n) is 11.6. The fraction of sp³-hybridized carbons (Fsp3) is 0.818. The summed E-state index contributed by atoms with van der Waals surface area (Å²) in [6.45, 7) is 8.19. The molecule has 0 spiro atoms. The van der Waals surface area contributed by atoms with E-state index in [-0.39, 0.29) is 11.8 Å². The molecule has 1 heterocycles. The monoisotopic (exact) mass is 455 g/mol. The second-order valence-corrected chi connectivity index (χ2v) is 9.02. The summed E-state index contributed by atoms with van der Waals surface area (Å²) in [7, 11) is 0. The molecule has 0 aromatic carbocycles. The number of unbranched alkanes of at least 4 members (excludes halogenated alkanes) is 1. The van der Waals surface area contributed by atoms with Crippen molar-refractivity contribution in [3.63, 3.8) is 0 Å². The number of nitrogens with zero attached hydrogens (tertiary/aromatic N) is 1. The van der Waals surface area contributed by atoms with E-state index < -0.39 is 47.9 Å². The molecule has 3 amide bonds. The molecule has 7 N–H and O–H groups in total. The molecular weight excluding hydrogens is 414 g/mol. The van der Waals surface area contributed by atoms with E-state index in [0.717, 1.165) is 0 Å². The average Bonchev–Trinajstić information content (AvgIpc) is 3.25. The molecule has 0 aliphatic carbocycles. The van der Waals surface area contributed by atoms with Crippen LogP contribution in [-0.2, 0) is 19.2 Å². The van der Waals surface area contributed by atoms with Crippen LogP contribution in [0.5, 0.6) is 0 Å². The Labute approximate surface area is 190 Å². The Morgan fingerprint density at radius 1 is 1.09 bits per heavy atom. The molecule has 1 aliphatic heterocycles. The normalized spacial score (nSPS) is 19.8. The van der Waals surface area contributed by atoms with Crippen molar-refractivity contribution in [2.45, 2.75) is 90.4 Å². The number of carbonyl (C=O) groups excluding carboxylic acids is 3. The Hall–Kier alpha value is -2.20. The van der Waals surface area contributed by atoms with Gasteiger partial charge >= 0.3 is 5.97 Å². The van der Waals surface area contributed by atoms with Crippen LogP contribution in [0.15, 0.2) is 0 Å². The van der Waals surface area contributed by atoms with Crippen LogP contribution in [0.1, 0.15) is 66.2 Å². The van der Waals surface area contributed by atoms with Gasteiger partial charge in [-0.2, -0.15) is 0 Å². The zero-order valence-corrected chi connectivity index (χ0v) is 19.8. The van der Waals surface area contributed by atoms with Crippen LogP contribution in [0, 0.1) is 11.8 Å². The third kappa shape index (κ3) is 7.74. The first-order chi connectivity index (χ1) is 15.0. The molecule has 0 bridgehead atoms. The van der Waals surface area contributed by atoms with E-state index in [0.29, 0.717) is 51.6 Å². The molecule has 1 fully saturated rings. The number of nitrogens with one attached hydrogen (secondary N) is 2. The molecule has 1 aliphatic rings. The van der Waals surface area contributed by atoms with Crippen LogP contribution in [0.2, 0.25) is 0 Å². The maximum absolute atomic E-state index is 13.2. The van der Waals surface area contributed by atoms with Gasteiger partial charge in [0.15, 0.2) is 0 Å². The van der Waals surface area contributed by atoms with E-state index >= 15 is 0 Å². The smallest absolute Gasteiger partial charge is 0.326 e. The van der Waals surface area contributed by atoms with Gasteiger partial charge in [0.2, 0.25) is 17.7 Å². The molecule has 1 rings (SSSR count). The largest absolute Gasteiger partial charge is 0.480 e. The van der Waals surface area contributed by atoms with Gasteiger partial charge in [0.25, 0.3) is 0 Å². The predicted octanol–water partition coefficient (Wildman–Crippen LogP) is 0.190. The quantitative estimate of drug-likeness (QED) is 0.247. The number of carboxylic acids is 1. The first kappa shape index (κ1) is 27.8. The molecule has 10 nitrogen and oxygen atoms in total. The molecule has 184 valence electrons. The zero-order chi connectivity index (χ0) is 24.4. The van der Waals surface area contributed by atoms with Crippen LogP contribution in [0.4, 0.5) is 0 Å². The van der Waals surface area contributed by atoms with Gasteiger partial charge < -0.3 is 32.1 Å². The number of carbonyl (C=O) groups is 4. The van der Waals surface area contributed by atoms with Gasteiger partial charge in [-0.1, -0.05) is 34.1 Å². The Balaban J connectivity index is 3.02. The Morgan fingerprint density at radius 3 is 2.28 bits per heavy atom. The lowest BCUT2D eigenvalue weighted by molar-refractivity contribution is -0.149. The fourth-order valence-electron chi connectivity index (χ4n) is 3.75. The highest BCUT2D eigenvalue weighted by molar-refractivity contribution is 5.94. The van der Waals surface area contributed by atoms with Crippen molar-refractivity contribution in [3.05, 3.63) is 0 Å². The van der Waals surface area contributed by atoms with Crippen molar-refractivity contribution in [1.29, 1.82) is 0 Å². The maximum Gasteiger partial charge on any atom is 0.326 e. The lowest BCUT2D eigenvalue weighted by Gasteiger charge is -2.30. The number of carboxylic acid groups (broad SMARTS) is 1. The number of likely N-dealkylation sites (tertiary alicyclic amines) is 1. The highest BCUT2D eigenvalue weighted by Crippen LogP contribution is 2.20. The summed E-state index contributed by atoms with van der Waals surface area (Å²) in [6.07, 6.45) is 3.26. The first-order valence-corrected chi connectivity index (χ1v) is 11.6. The summed E-state index contributed by atoms with van der Waals surface area (Å²) in [5, 5.41) is 15.0. The average molecular weight is 456 g/mol. The van der Waals surface area contributed by atoms with Gasteiger partial charge in [-0.15, -0.1) is 0 Å². The molecule has 1 saturated heterocycles. The molecule has 0 aromatic rings. The van der Waals surface area contributed by atoms with Gasteiger partial charge in [0, 0.05) is 6.54 Å². The van der Waals surface area contributed by atoms with Crippen molar-refractivity contribution in [2.24, 2.45) is 23.3 Å². The van der Waals surface area contributed by atoms with Gasteiger partial charge in [-0.05, 0) is 50.5 Å². The summed E-state index contributed by atoms with van der Waals surface area (Å²) in [4.78, 5) is 51.7. The SMILES string of the molecule is CCC(C)C(NC(=O)C(N)C(C)C)C(=O)NC(CCCCN)C(=O)N1CCCC1C(=O)O. The third-order valence-electron chi connectivity index (χ3n) is 6.20. The summed E-state index contributed by atoms with van der Waals surface area (Å²) in [5.41, 5.74) is 11.5. The van der Waals surface area contributed by atoms with Gasteiger partial charge in [-0.3, -0.25) is 14.4 Å². The van der Waals surface area contributed by atoms with E-state index in [1.54, 1.807) is 0 Å². The van der Waals surface area contributed by atoms with E-state index in [1.165, 1.54) is 4.90 Å². The number of hydrogen-bond donors (Lipinski definition) is 5. The molecule has 0 aromatic heterocycles. The highest BCUT2D eigenvalue weighted by atomic mass is 16.4. The molecule has 0 saturated carbocycles. The number of nitrogens with two attached hydrogens (primary N) is 2. The lowest BCUT2D eigenvalue weighted by Crippen LogP contribution is -2.59. The second kappa shape index (κ2) is 13.4. The molecule has 5 unspecified atom stereocenters. The predicted molar refractivity (Wildman–Crippen MR) is 121 cm³/mol.